The normalized spacial score (nSPS) is 19.0. The first-order valence-electron chi connectivity index (χ1n) is 8.93. The van der Waals surface area contributed by atoms with Gasteiger partial charge in [-0.25, -0.2) is 14.8 Å². The van der Waals surface area contributed by atoms with Crippen molar-refractivity contribution in [1.29, 1.82) is 0 Å². The minimum Gasteiger partial charge on any atom is -0.350 e. The predicted molar refractivity (Wildman–Crippen MR) is 99.9 cm³/mol. The first-order chi connectivity index (χ1) is 13.3. The monoisotopic (exact) mass is 366 g/mol. The number of aromatic nitrogens is 4. The van der Waals surface area contributed by atoms with Gasteiger partial charge in [-0.3, -0.25) is 5.10 Å². The van der Waals surface area contributed by atoms with Gasteiger partial charge in [0, 0.05) is 29.4 Å². The van der Waals surface area contributed by atoms with Gasteiger partial charge in [-0.2, -0.15) is 10.1 Å². The van der Waals surface area contributed by atoms with E-state index in [1.165, 1.54) is 24.6 Å². The Balaban J connectivity index is 1.28. The number of nitrogens with one attached hydrogen (secondary N) is 5. The standard InChI is InChI=1S/C18H19FN8/c19-13-3-4-14-12(9-22-25-14)11(13)8-21-18-20-6-5-16(24-18)23-17-7-15(26-27-17)10-1-2-10/h3-7,9-10,17,26-27H,1-2,8H2,(H,22,25)(H2,20,21,23,24). The van der Waals surface area contributed by atoms with E-state index in [1.807, 2.05) is 0 Å². The van der Waals surface area contributed by atoms with Gasteiger partial charge in [0.25, 0.3) is 0 Å². The summed E-state index contributed by atoms with van der Waals surface area (Å²) < 4.78 is 14.2. The fourth-order valence-electron chi connectivity index (χ4n) is 3.21. The van der Waals surface area contributed by atoms with E-state index in [1.54, 1.807) is 24.5 Å². The highest BCUT2D eigenvalue weighted by Crippen LogP contribution is 2.36. The second-order valence-corrected chi connectivity index (χ2v) is 6.76. The molecule has 1 aliphatic carbocycles. The number of hydrogen-bond donors (Lipinski definition) is 5. The van der Waals surface area contributed by atoms with E-state index in [2.05, 4.69) is 47.7 Å². The van der Waals surface area contributed by atoms with Gasteiger partial charge in [0.15, 0.2) is 0 Å². The van der Waals surface area contributed by atoms with Crippen LogP contribution in [0.15, 0.2) is 42.4 Å². The van der Waals surface area contributed by atoms with Crippen LogP contribution in [0.25, 0.3) is 10.9 Å². The highest BCUT2D eigenvalue weighted by molar-refractivity contribution is 5.82. The first-order valence-corrected chi connectivity index (χ1v) is 8.93. The molecule has 1 saturated carbocycles. The second kappa shape index (κ2) is 6.51. The Morgan fingerprint density at radius 2 is 2.15 bits per heavy atom. The van der Waals surface area contributed by atoms with Crippen molar-refractivity contribution in [1.82, 2.24) is 31.0 Å². The second-order valence-electron chi connectivity index (χ2n) is 6.76. The average molecular weight is 366 g/mol. The van der Waals surface area contributed by atoms with E-state index >= 15 is 0 Å². The number of aromatic amines is 1. The zero-order chi connectivity index (χ0) is 18.2. The summed E-state index contributed by atoms with van der Waals surface area (Å²) in [5.41, 5.74) is 8.96. The van der Waals surface area contributed by atoms with Crippen molar-refractivity contribution < 1.29 is 4.39 Å². The van der Waals surface area contributed by atoms with Crippen LogP contribution in [0.5, 0.6) is 0 Å². The third kappa shape index (κ3) is 3.28. The zero-order valence-electron chi connectivity index (χ0n) is 14.5. The van der Waals surface area contributed by atoms with Gasteiger partial charge in [-0.1, -0.05) is 0 Å². The summed E-state index contributed by atoms with van der Waals surface area (Å²) in [6, 6.07) is 4.90. The summed E-state index contributed by atoms with van der Waals surface area (Å²) in [5, 5.41) is 14.0. The van der Waals surface area contributed by atoms with E-state index in [4.69, 9.17) is 0 Å². The van der Waals surface area contributed by atoms with Crippen molar-refractivity contribution >= 4 is 22.7 Å². The number of rotatable bonds is 6. The number of nitrogens with zero attached hydrogens (tertiary/aromatic N) is 3. The topological polar surface area (TPSA) is 103 Å². The molecule has 0 radical (unpaired) electrons. The van der Waals surface area contributed by atoms with Gasteiger partial charge in [0.05, 0.1) is 11.7 Å². The molecule has 5 N–H and O–H groups in total. The Labute approximate surface area is 154 Å². The molecule has 0 saturated heterocycles. The predicted octanol–water partition coefficient (Wildman–Crippen LogP) is 2.24. The van der Waals surface area contributed by atoms with Crippen molar-refractivity contribution in [2.24, 2.45) is 5.92 Å². The maximum atomic E-state index is 14.2. The number of H-pyrrole nitrogens is 1. The fourth-order valence-corrected chi connectivity index (χ4v) is 3.21. The lowest BCUT2D eigenvalue weighted by Crippen LogP contribution is -2.37. The van der Waals surface area contributed by atoms with Gasteiger partial charge in [-0.05, 0) is 43.0 Å². The number of halogens is 1. The third-order valence-electron chi connectivity index (χ3n) is 4.80. The smallest absolute Gasteiger partial charge is 0.224 e. The fraction of sp³-hybridized carbons (Fsp3) is 0.278. The molecule has 0 bridgehead atoms. The molecule has 138 valence electrons. The van der Waals surface area contributed by atoms with Gasteiger partial charge in [-0.15, -0.1) is 0 Å². The largest absolute Gasteiger partial charge is 0.350 e. The van der Waals surface area contributed by atoms with Crippen LogP contribution in [-0.2, 0) is 6.54 Å². The van der Waals surface area contributed by atoms with Crippen LogP contribution in [-0.4, -0.2) is 26.3 Å². The SMILES string of the molecule is Fc1ccc2[nH]ncc2c1CNc1nccc(NC2C=C(C3CC3)NN2)n1. The number of hydrazine groups is 1. The van der Waals surface area contributed by atoms with Gasteiger partial charge in [0.2, 0.25) is 5.95 Å². The van der Waals surface area contributed by atoms with Gasteiger partial charge in [0.1, 0.15) is 17.8 Å². The third-order valence-corrected chi connectivity index (χ3v) is 4.80. The molecule has 0 spiro atoms. The van der Waals surface area contributed by atoms with Crippen molar-refractivity contribution in [2.75, 3.05) is 10.6 Å². The van der Waals surface area contributed by atoms with Crippen LogP contribution >= 0.6 is 0 Å². The molecular formula is C18H19FN8. The summed E-state index contributed by atoms with van der Waals surface area (Å²) in [4.78, 5) is 8.68. The van der Waals surface area contributed by atoms with E-state index in [-0.39, 0.29) is 18.5 Å². The quantitative estimate of drug-likeness (QED) is 0.456. The molecule has 3 heterocycles. The summed E-state index contributed by atoms with van der Waals surface area (Å²) in [7, 11) is 0. The van der Waals surface area contributed by atoms with Crippen LogP contribution in [0.3, 0.4) is 0 Å². The van der Waals surface area contributed by atoms with E-state index < -0.39 is 0 Å². The Bertz CT molecular complexity index is 1010. The first kappa shape index (κ1) is 16.0. The molecule has 1 atom stereocenters. The van der Waals surface area contributed by atoms with E-state index in [0.29, 0.717) is 23.2 Å². The zero-order valence-corrected chi connectivity index (χ0v) is 14.5. The average Bonchev–Trinajstić information content (AvgIpc) is 3.23. The number of hydrogen-bond acceptors (Lipinski definition) is 7. The molecular weight excluding hydrogens is 347 g/mol. The highest BCUT2D eigenvalue weighted by atomic mass is 19.1. The molecule has 9 heteroatoms. The van der Waals surface area contributed by atoms with Crippen molar-refractivity contribution in [3.05, 3.63) is 53.7 Å². The minimum atomic E-state index is -0.287. The summed E-state index contributed by atoms with van der Waals surface area (Å²) in [6.45, 7) is 0.265. The Morgan fingerprint density at radius 3 is 3.04 bits per heavy atom. The lowest BCUT2D eigenvalue weighted by molar-refractivity contribution is 0.599. The molecule has 5 rings (SSSR count). The molecule has 2 aromatic heterocycles. The van der Waals surface area contributed by atoms with Crippen molar-refractivity contribution in [2.45, 2.75) is 25.6 Å². The molecule has 3 aromatic rings. The lowest BCUT2D eigenvalue weighted by atomic mass is 10.1. The van der Waals surface area contributed by atoms with Crippen LogP contribution in [0.2, 0.25) is 0 Å². The molecule has 1 unspecified atom stereocenters. The van der Waals surface area contributed by atoms with Gasteiger partial charge >= 0.3 is 0 Å². The van der Waals surface area contributed by atoms with Gasteiger partial charge < -0.3 is 16.1 Å². The summed E-state index contributed by atoms with van der Waals surface area (Å²) in [5.74, 6) is 1.48. The van der Waals surface area contributed by atoms with Crippen LogP contribution in [0, 0.1) is 11.7 Å². The van der Waals surface area contributed by atoms with Crippen LogP contribution in [0.4, 0.5) is 16.2 Å². The highest BCUT2D eigenvalue weighted by Gasteiger charge is 2.29. The maximum Gasteiger partial charge on any atom is 0.224 e. The number of fused-ring (bicyclic) bond motifs is 1. The summed E-state index contributed by atoms with van der Waals surface area (Å²) in [6.07, 6.45) is 7.89. The molecule has 27 heavy (non-hydrogen) atoms. The molecule has 1 fully saturated rings. The molecule has 2 aliphatic rings. The Morgan fingerprint density at radius 1 is 1.22 bits per heavy atom. The Hall–Kier alpha value is -3.20. The van der Waals surface area contributed by atoms with Crippen molar-refractivity contribution in [3.63, 3.8) is 0 Å². The number of benzene rings is 1. The maximum absolute atomic E-state index is 14.2. The van der Waals surface area contributed by atoms with E-state index in [9.17, 15) is 4.39 Å². The van der Waals surface area contributed by atoms with Crippen LogP contribution in [0.1, 0.15) is 18.4 Å². The van der Waals surface area contributed by atoms with E-state index in [0.717, 1.165) is 10.9 Å². The number of allylic oxidation sites excluding steroid dienone is 1. The molecule has 1 aromatic carbocycles. The number of anilines is 2. The molecule has 8 nitrogen and oxygen atoms in total. The lowest BCUT2D eigenvalue weighted by Gasteiger charge is -2.13. The molecule has 0 amide bonds. The Kier molecular flexibility index (Phi) is 3.86. The van der Waals surface area contributed by atoms with Crippen LogP contribution < -0.4 is 21.5 Å². The van der Waals surface area contributed by atoms with Crippen molar-refractivity contribution in [3.8, 4) is 0 Å². The molecule has 1 aliphatic heterocycles. The summed E-state index contributed by atoms with van der Waals surface area (Å²) >= 11 is 0. The minimum absolute atomic E-state index is 0.0273.